The number of nitrogens with zero attached hydrogens (tertiary/aromatic N) is 3. The number of anilines is 1. The van der Waals surface area contributed by atoms with E-state index in [0.29, 0.717) is 25.5 Å². The molecule has 2 heterocycles. The van der Waals surface area contributed by atoms with Gasteiger partial charge in [-0.05, 0) is 38.5 Å². The van der Waals surface area contributed by atoms with Crippen LogP contribution < -0.4 is 5.32 Å². The first-order valence-electron chi connectivity index (χ1n) is 9.89. The largest absolute Gasteiger partial charge is 0.377 e. The van der Waals surface area contributed by atoms with Gasteiger partial charge < -0.3 is 15.0 Å². The molecular weight excluding hydrogens is 328 g/mol. The Morgan fingerprint density at radius 1 is 1.38 bits per heavy atom. The average Bonchev–Trinajstić information content (AvgIpc) is 3.12. The van der Waals surface area contributed by atoms with Crippen molar-refractivity contribution >= 4 is 11.7 Å². The second-order valence-electron chi connectivity index (χ2n) is 8.50. The average molecular weight is 361 g/mol. The van der Waals surface area contributed by atoms with E-state index in [-0.39, 0.29) is 17.4 Å². The highest BCUT2D eigenvalue weighted by atomic mass is 16.5. The molecule has 1 N–H and O–H groups in total. The highest BCUT2D eigenvalue weighted by molar-refractivity contribution is 5.93. The summed E-state index contributed by atoms with van der Waals surface area (Å²) in [5.74, 6) is 1.70. The summed E-state index contributed by atoms with van der Waals surface area (Å²) in [5.41, 5.74) is 0.976. The summed E-state index contributed by atoms with van der Waals surface area (Å²) in [6.45, 7) is 10.9. The van der Waals surface area contributed by atoms with Gasteiger partial charge in [-0.25, -0.2) is 9.97 Å². The van der Waals surface area contributed by atoms with Crippen LogP contribution in [0.1, 0.15) is 75.5 Å². The molecule has 6 nitrogen and oxygen atoms in total. The SMILES string of the molecule is CC(C)c1nc(C(=O)N2CCOCC2(C)C)cnc1NCC1CCCC1. The molecule has 0 spiro atoms. The number of nitrogens with one attached hydrogen (secondary N) is 1. The molecule has 1 aromatic heterocycles. The van der Waals surface area contributed by atoms with Crippen LogP contribution >= 0.6 is 0 Å². The maximum absolute atomic E-state index is 13.0. The zero-order chi connectivity index (χ0) is 18.7. The summed E-state index contributed by atoms with van der Waals surface area (Å²) >= 11 is 0. The van der Waals surface area contributed by atoms with E-state index in [1.165, 1.54) is 25.7 Å². The minimum Gasteiger partial charge on any atom is -0.377 e. The van der Waals surface area contributed by atoms with Crippen LogP contribution in [0.25, 0.3) is 0 Å². The summed E-state index contributed by atoms with van der Waals surface area (Å²) in [6.07, 6.45) is 6.87. The molecule has 0 bridgehead atoms. The fraction of sp³-hybridized carbons (Fsp3) is 0.750. The van der Waals surface area contributed by atoms with E-state index in [1.807, 2.05) is 18.7 Å². The predicted octanol–water partition coefficient (Wildman–Crippen LogP) is 3.45. The van der Waals surface area contributed by atoms with Crippen molar-refractivity contribution in [2.45, 2.75) is 64.8 Å². The van der Waals surface area contributed by atoms with Gasteiger partial charge in [-0.1, -0.05) is 26.7 Å². The zero-order valence-electron chi connectivity index (χ0n) is 16.5. The predicted molar refractivity (Wildman–Crippen MR) is 103 cm³/mol. The number of hydrogen-bond donors (Lipinski definition) is 1. The molecule has 6 heteroatoms. The van der Waals surface area contributed by atoms with E-state index in [2.05, 4.69) is 24.1 Å². The molecule has 26 heavy (non-hydrogen) atoms. The molecule has 1 amide bonds. The number of hydrogen-bond acceptors (Lipinski definition) is 5. The molecule has 2 fully saturated rings. The molecule has 2 aliphatic rings. The summed E-state index contributed by atoms with van der Waals surface area (Å²) in [7, 11) is 0. The Kier molecular flexibility index (Phi) is 5.80. The third-order valence-electron chi connectivity index (χ3n) is 5.49. The van der Waals surface area contributed by atoms with Crippen LogP contribution in [0.4, 0.5) is 5.82 Å². The monoisotopic (exact) mass is 360 g/mol. The first-order chi connectivity index (χ1) is 12.4. The molecule has 1 aliphatic carbocycles. The molecule has 0 atom stereocenters. The molecule has 1 saturated carbocycles. The zero-order valence-corrected chi connectivity index (χ0v) is 16.5. The normalized spacial score (nSPS) is 20.6. The van der Waals surface area contributed by atoms with Gasteiger partial charge in [0.25, 0.3) is 5.91 Å². The van der Waals surface area contributed by atoms with Crippen molar-refractivity contribution in [3.63, 3.8) is 0 Å². The molecule has 1 saturated heterocycles. The van der Waals surface area contributed by atoms with Crippen molar-refractivity contribution < 1.29 is 9.53 Å². The molecule has 0 radical (unpaired) electrons. The molecule has 0 unspecified atom stereocenters. The Bertz CT molecular complexity index is 639. The summed E-state index contributed by atoms with van der Waals surface area (Å²) in [6, 6.07) is 0. The lowest BCUT2D eigenvalue weighted by atomic mass is 10.0. The maximum Gasteiger partial charge on any atom is 0.274 e. The smallest absolute Gasteiger partial charge is 0.274 e. The third-order valence-corrected chi connectivity index (χ3v) is 5.49. The Morgan fingerprint density at radius 2 is 2.12 bits per heavy atom. The van der Waals surface area contributed by atoms with Crippen molar-refractivity contribution in [2.24, 2.45) is 5.92 Å². The number of carbonyl (C=O) groups excluding carboxylic acids is 1. The quantitative estimate of drug-likeness (QED) is 0.871. The minimum absolute atomic E-state index is 0.0601. The van der Waals surface area contributed by atoms with Gasteiger partial charge in [-0.2, -0.15) is 0 Å². The minimum atomic E-state index is -0.325. The van der Waals surface area contributed by atoms with E-state index in [1.54, 1.807) is 6.20 Å². The van der Waals surface area contributed by atoms with Gasteiger partial charge in [-0.15, -0.1) is 0 Å². The summed E-state index contributed by atoms with van der Waals surface area (Å²) in [4.78, 5) is 24.1. The maximum atomic E-state index is 13.0. The van der Waals surface area contributed by atoms with Gasteiger partial charge in [0.2, 0.25) is 0 Å². The lowest BCUT2D eigenvalue weighted by Gasteiger charge is -2.41. The van der Waals surface area contributed by atoms with E-state index in [9.17, 15) is 4.79 Å². The lowest BCUT2D eigenvalue weighted by molar-refractivity contribution is -0.0373. The molecule has 3 rings (SSSR count). The molecular formula is C20H32N4O2. The summed E-state index contributed by atoms with van der Waals surface area (Å²) < 4.78 is 5.52. The first-order valence-corrected chi connectivity index (χ1v) is 9.89. The summed E-state index contributed by atoms with van der Waals surface area (Å²) in [5, 5.41) is 3.48. The van der Waals surface area contributed by atoms with Crippen LogP contribution in [0, 0.1) is 5.92 Å². The Balaban J connectivity index is 1.77. The van der Waals surface area contributed by atoms with Crippen molar-refractivity contribution in [1.82, 2.24) is 14.9 Å². The van der Waals surface area contributed by atoms with Crippen LogP contribution in [0.2, 0.25) is 0 Å². The van der Waals surface area contributed by atoms with Crippen LogP contribution in [-0.2, 0) is 4.74 Å². The number of amides is 1. The second-order valence-corrected chi connectivity index (χ2v) is 8.50. The van der Waals surface area contributed by atoms with Crippen molar-refractivity contribution in [1.29, 1.82) is 0 Å². The van der Waals surface area contributed by atoms with Crippen molar-refractivity contribution in [3.05, 3.63) is 17.6 Å². The Hall–Kier alpha value is -1.69. The van der Waals surface area contributed by atoms with Crippen LogP contribution in [0.15, 0.2) is 6.20 Å². The van der Waals surface area contributed by atoms with Crippen LogP contribution in [-0.4, -0.2) is 52.6 Å². The Labute approximate surface area is 156 Å². The number of carbonyl (C=O) groups is 1. The van der Waals surface area contributed by atoms with Gasteiger partial charge >= 0.3 is 0 Å². The van der Waals surface area contributed by atoms with Crippen LogP contribution in [0.5, 0.6) is 0 Å². The van der Waals surface area contributed by atoms with Gasteiger partial charge in [-0.3, -0.25) is 4.79 Å². The molecule has 1 aliphatic heterocycles. The number of rotatable bonds is 5. The van der Waals surface area contributed by atoms with Crippen molar-refractivity contribution in [2.75, 3.05) is 31.6 Å². The van der Waals surface area contributed by atoms with Crippen LogP contribution in [0.3, 0.4) is 0 Å². The van der Waals surface area contributed by atoms with Gasteiger partial charge in [0.05, 0.1) is 30.6 Å². The number of ether oxygens (including phenoxy) is 1. The molecule has 144 valence electrons. The van der Waals surface area contributed by atoms with E-state index in [0.717, 1.165) is 24.0 Å². The fourth-order valence-corrected chi connectivity index (χ4v) is 3.87. The van der Waals surface area contributed by atoms with E-state index >= 15 is 0 Å². The number of aromatic nitrogens is 2. The molecule has 0 aromatic carbocycles. The lowest BCUT2D eigenvalue weighted by Crippen LogP contribution is -2.55. The van der Waals surface area contributed by atoms with Crippen molar-refractivity contribution in [3.8, 4) is 0 Å². The van der Waals surface area contributed by atoms with Gasteiger partial charge in [0.15, 0.2) is 0 Å². The van der Waals surface area contributed by atoms with E-state index < -0.39 is 0 Å². The number of morpholine rings is 1. The van der Waals surface area contributed by atoms with Gasteiger partial charge in [0.1, 0.15) is 11.5 Å². The molecule has 1 aromatic rings. The highest BCUT2D eigenvalue weighted by Crippen LogP contribution is 2.27. The first kappa shape index (κ1) is 19.1. The van der Waals surface area contributed by atoms with Gasteiger partial charge in [0, 0.05) is 13.1 Å². The Morgan fingerprint density at radius 3 is 2.77 bits per heavy atom. The fourth-order valence-electron chi connectivity index (χ4n) is 3.87. The van der Waals surface area contributed by atoms with E-state index in [4.69, 9.17) is 9.72 Å². The second kappa shape index (κ2) is 7.91. The standard InChI is InChI=1S/C20H32N4O2/c1-14(2)17-18(21-11-15-7-5-6-8-15)22-12-16(23-17)19(25)24-9-10-26-13-20(24,3)4/h12,14-15H,5-11,13H2,1-4H3,(H,21,22). The topological polar surface area (TPSA) is 67.4 Å². The third kappa shape index (κ3) is 4.17. The highest BCUT2D eigenvalue weighted by Gasteiger charge is 2.35.